The molecule has 0 atom stereocenters. The van der Waals surface area contributed by atoms with Gasteiger partial charge >= 0.3 is 0 Å². The second-order valence-corrected chi connectivity index (χ2v) is 7.46. The van der Waals surface area contributed by atoms with E-state index in [4.69, 9.17) is 4.42 Å². The minimum atomic E-state index is -0.277. The van der Waals surface area contributed by atoms with Crippen LogP contribution in [0.5, 0.6) is 0 Å². The summed E-state index contributed by atoms with van der Waals surface area (Å²) in [6.45, 7) is 2.09. The molecule has 0 saturated heterocycles. The van der Waals surface area contributed by atoms with Crippen molar-refractivity contribution in [3.63, 3.8) is 0 Å². The first-order chi connectivity index (χ1) is 13.7. The molecule has 0 spiro atoms. The molecular formula is C19H19N5O3S. The summed E-state index contributed by atoms with van der Waals surface area (Å²) in [4.78, 5) is 36.1. The SMILES string of the molecule is O=C(CN1CCc2nc(NC(=O)c3ccccn3)sc2C1)NCc1ccco1. The number of thiazole rings is 1. The zero-order valence-corrected chi connectivity index (χ0v) is 15.9. The molecule has 1 aliphatic rings. The van der Waals surface area contributed by atoms with Gasteiger partial charge in [0.25, 0.3) is 5.91 Å². The van der Waals surface area contributed by atoms with Crippen LogP contribution in [-0.4, -0.2) is 39.8 Å². The summed E-state index contributed by atoms with van der Waals surface area (Å²) in [5.74, 6) is 0.402. The summed E-state index contributed by atoms with van der Waals surface area (Å²) in [5.41, 5.74) is 1.33. The third-order valence-corrected chi connectivity index (χ3v) is 5.33. The van der Waals surface area contributed by atoms with Gasteiger partial charge in [0, 0.05) is 30.6 Å². The molecule has 4 heterocycles. The van der Waals surface area contributed by atoms with Crippen LogP contribution in [0.3, 0.4) is 0 Å². The van der Waals surface area contributed by atoms with Crippen molar-refractivity contribution in [2.24, 2.45) is 0 Å². The molecule has 4 rings (SSSR count). The average Bonchev–Trinajstić information content (AvgIpc) is 3.36. The number of aromatic nitrogens is 2. The molecular weight excluding hydrogens is 378 g/mol. The largest absolute Gasteiger partial charge is 0.467 e. The number of carbonyl (C=O) groups excluding carboxylic acids is 2. The average molecular weight is 397 g/mol. The van der Waals surface area contributed by atoms with Crippen LogP contribution in [0.4, 0.5) is 5.13 Å². The molecule has 0 unspecified atom stereocenters. The monoisotopic (exact) mass is 397 g/mol. The number of carbonyl (C=O) groups is 2. The molecule has 9 heteroatoms. The Morgan fingerprint density at radius 1 is 1.25 bits per heavy atom. The number of anilines is 1. The van der Waals surface area contributed by atoms with E-state index in [2.05, 4.69) is 25.5 Å². The summed E-state index contributed by atoms with van der Waals surface area (Å²) < 4.78 is 5.21. The predicted octanol–water partition coefficient (Wildman–Crippen LogP) is 2.06. The molecule has 0 aliphatic carbocycles. The number of pyridine rings is 1. The Morgan fingerprint density at radius 2 is 2.18 bits per heavy atom. The van der Waals surface area contributed by atoms with Gasteiger partial charge in [0.2, 0.25) is 5.91 Å². The highest BCUT2D eigenvalue weighted by atomic mass is 32.1. The molecule has 2 amide bonds. The molecule has 3 aromatic heterocycles. The van der Waals surface area contributed by atoms with E-state index in [9.17, 15) is 9.59 Å². The molecule has 28 heavy (non-hydrogen) atoms. The Kier molecular flexibility index (Phi) is 5.45. The molecule has 1 aliphatic heterocycles. The first kappa shape index (κ1) is 18.3. The molecule has 0 aromatic carbocycles. The second kappa shape index (κ2) is 8.32. The van der Waals surface area contributed by atoms with Crippen LogP contribution in [0.15, 0.2) is 47.2 Å². The van der Waals surface area contributed by atoms with Crippen LogP contribution in [0, 0.1) is 0 Å². The van der Waals surface area contributed by atoms with Crippen LogP contribution in [0.1, 0.15) is 26.8 Å². The van der Waals surface area contributed by atoms with Crippen LogP contribution in [0.25, 0.3) is 0 Å². The molecule has 3 aromatic rings. The number of nitrogens with zero attached hydrogens (tertiary/aromatic N) is 3. The lowest BCUT2D eigenvalue weighted by Gasteiger charge is -2.24. The number of amides is 2. The fourth-order valence-electron chi connectivity index (χ4n) is 2.95. The Morgan fingerprint density at radius 3 is 2.96 bits per heavy atom. The van der Waals surface area contributed by atoms with E-state index in [1.165, 1.54) is 11.3 Å². The Bertz CT molecular complexity index is 955. The third-order valence-electron chi connectivity index (χ3n) is 4.34. The van der Waals surface area contributed by atoms with Crippen molar-refractivity contribution < 1.29 is 14.0 Å². The standard InChI is InChI=1S/C19H19N5O3S/c25-17(21-10-13-4-3-9-27-13)12-24-8-6-14-16(11-24)28-19(22-14)23-18(26)15-5-1-2-7-20-15/h1-5,7,9H,6,8,10-12H2,(H,21,25)(H,22,23,26). The maximum absolute atomic E-state index is 12.2. The number of hydrogen-bond acceptors (Lipinski definition) is 7. The fourth-order valence-corrected chi connectivity index (χ4v) is 4.00. The lowest BCUT2D eigenvalue weighted by atomic mass is 10.2. The smallest absolute Gasteiger partial charge is 0.276 e. The van der Waals surface area contributed by atoms with Gasteiger partial charge in [-0.25, -0.2) is 4.98 Å². The van der Waals surface area contributed by atoms with E-state index in [0.29, 0.717) is 30.5 Å². The minimum absolute atomic E-state index is 0.0481. The highest BCUT2D eigenvalue weighted by molar-refractivity contribution is 7.15. The zero-order valence-electron chi connectivity index (χ0n) is 15.1. The van der Waals surface area contributed by atoms with Gasteiger partial charge in [0.1, 0.15) is 11.5 Å². The van der Waals surface area contributed by atoms with Crippen molar-refractivity contribution in [2.75, 3.05) is 18.4 Å². The molecule has 2 N–H and O–H groups in total. The molecule has 0 saturated carbocycles. The molecule has 0 bridgehead atoms. The van der Waals surface area contributed by atoms with Crippen LogP contribution in [0.2, 0.25) is 0 Å². The van der Waals surface area contributed by atoms with Gasteiger partial charge in [-0.1, -0.05) is 6.07 Å². The number of hydrogen-bond donors (Lipinski definition) is 2. The van der Waals surface area contributed by atoms with Crippen molar-refractivity contribution in [3.8, 4) is 0 Å². The number of fused-ring (bicyclic) bond motifs is 1. The van der Waals surface area contributed by atoms with Gasteiger partial charge in [-0.2, -0.15) is 0 Å². The number of furan rings is 1. The minimum Gasteiger partial charge on any atom is -0.467 e. The van der Waals surface area contributed by atoms with Gasteiger partial charge in [0.15, 0.2) is 5.13 Å². The summed E-state index contributed by atoms with van der Waals surface area (Å²) in [7, 11) is 0. The predicted molar refractivity (Wildman–Crippen MR) is 104 cm³/mol. The Hall–Kier alpha value is -3.04. The van der Waals surface area contributed by atoms with E-state index < -0.39 is 0 Å². The maximum atomic E-state index is 12.2. The Labute approximate surface area is 165 Å². The molecule has 0 radical (unpaired) electrons. The first-order valence-electron chi connectivity index (χ1n) is 8.90. The Balaban J connectivity index is 1.31. The zero-order chi connectivity index (χ0) is 19.3. The van der Waals surface area contributed by atoms with Crippen molar-refractivity contribution in [1.82, 2.24) is 20.2 Å². The topological polar surface area (TPSA) is 100 Å². The number of nitrogens with one attached hydrogen (secondary N) is 2. The quantitative estimate of drug-likeness (QED) is 0.660. The van der Waals surface area contributed by atoms with Crippen LogP contribution < -0.4 is 10.6 Å². The highest BCUT2D eigenvalue weighted by Crippen LogP contribution is 2.28. The van der Waals surface area contributed by atoms with E-state index in [0.717, 1.165) is 29.3 Å². The summed E-state index contributed by atoms with van der Waals surface area (Å²) in [5, 5.41) is 6.22. The van der Waals surface area contributed by atoms with Crippen LogP contribution in [-0.2, 0) is 24.3 Å². The van der Waals surface area contributed by atoms with Gasteiger partial charge in [-0.05, 0) is 24.3 Å². The summed E-state index contributed by atoms with van der Waals surface area (Å²) in [6, 6.07) is 8.81. The summed E-state index contributed by atoms with van der Waals surface area (Å²) in [6.07, 6.45) is 3.91. The molecule has 0 fully saturated rings. The fraction of sp³-hybridized carbons (Fsp3) is 0.263. The molecule has 144 valence electrons. The van der Waals surface area contributed by atoms with E-state index in [1.807, 2.05) is 6.07 Å². The van der Waals surface area contributed by atoms with E-state index >= 15 is 0 Å². The van der Waals surface area contributed by atoms with Gasteiger partial charge in [-0.3, -0.25) is 24.8 Å². The van der Waals surface area contributed by atoms with E-state index in [-0.39, 0.29) is 11.8 Å². The van der Waals surface area contributed by atoms with Crippen molar-refractivity contribution in [1.29, 1.82) is 0 Å². The van der Waals surface area contributed by atoms with Crippen molar-refractivity contribution >= 4 is 28.3 Å². The van der Waals surface area contributed by atoms with Crippen LogP contribution >= 0.6 is 11.3 Å². The van der Waals surface area contributed by atoms with Gasteiger partial charge < -0.3 is 9.73 Å². The van der Waals surface area contributed by atoms with Gasteiger partial charge in [-0.15, -0.1) is 11.3 Å². The lowest BCUT2D eigenvalue weighted by molar-refractivity contribution is -0.122. The number of rotatable bonds is 6. The third kappa shape index (κ3) is 4.44. The first-order valence-corrected chi connectivity index (χ1v) is 9.71. The van der Waals surface area contributed by atoms with Crippen molar-refractivity contribution in [2.45, 2.75) is 19.5 Å². The summed E-state index contributed by atoms with van der Waals surface area (Å²) >= 11 is 1.44. The lowest BCUT2D eigenvalue weighted by Crippen LogP contribution is -2.39. The second-order valence-electron chi connectivity index (χ2n) is 6.37. The normalized spacial score (nSPS) is 13.7. The highest BCUT2D eigenvalue weighted by Gasteiger charge is 2.23. The van der Waals surface area contributed by atoms with E-state index in [1.54, 1.807) is 36.7 Å². The molecule has 8 nitrogen and oxygen atoms in total. The van der Waals surface area contributed by atoms with Gasteiger partial charge in [0.05, 0.1) is 25.0 Å². The maximum Gasteiger partial charge on any atom is 0.276 e. The van der Waals surface area contributed by atoms with Crippen molar-refractivity contribution in [3.05, 3.63) is 64.8 Å².